The van der Waals surface area contributed by atoms with Crippen molar-refractivity contribution in [3.8, 4) is 0 Å². The fraction of sp³-hybridized carbons (Fsp3) is 0.562. The van der Waals surface area contributed by atoms with Gasteiger partial charge in [-0.2, -0.15) is 0 Å². The van der Waals surface area contributed by atoms with Gasteiger partial charge in [0.1, 0.15) is 0 Å². The number of benzene rings is 1. The van der Waals surface area contributed by atoms with Gasteiger partial charge in [0, 0.05) is 37.6 Å². The minimum atomic E-state index is -3.17. The first-order valence-corrected chi connectivity index (χ1v) is 10.1. The normalized spacial score (nSPS) is 11.1. The minimum absolute atomic E-state index is 0.207. The second-order valence-electron chi connectivity index (χ2n) is 5.53. The molecule has 1 rings (SSSR count). The van der Waals surface area contributed by atoms with Crippen LogP contribution in [-0.4, -0.2) is 46.9 Å². The average Bonchev–Trinajstić information content (AvgIpc) is 2.52. The third-order valence-corrected chi connectivity index (χ3v) is 4.16. The summed E-state index contributed by atoms with van der Waals surface area (Å²) >= 11 is 0. The fourth-order valence-corrected chi connectivity index (χ4v) is 2.61. The summed E-state index contributed by atoms with van der Waals surface area (Å²) in [5.41, 5.74) is 1.70. The van der Waals surface area contributed by atoms with Crippen LogP contribution in [0.5, 0.6) is 0 Å². The number of rotatable bonds is 10. The smallest absolute Gasteiger partial charge is 0.319 e. The van der Waals surface area contributed by atoms with Crippen molar-refractivity contribution in [2.75, 3.05) is 42.7 Å². The third-order valence-electron chi connectivity index (χ3n) is 3.43. The number of carbonyl (C=O) groups is 1. The van der Waals surface area contributed by atoms with Crippen LogP contribution >= 0.6 is 0 Å². The molecular weight excluding hydrogens is 328 g/mol. The number of unbranched alkanes of at least 4 members (excludes halogenated alkanes) is 1. The quantitative estimate of drug-likeness (QED) is 0.559. The molecule has 0 saturated heterocycles. The zero-order chi connectivity index (χ0) is 18.0. The first kappa shape index (κ1) is 20.2. The molecule has 1 aromatic carbocycles. The molecule has 3 N–H and O–H groups in total. The van der Waals surface area contributed by atoms with Crippen LogP contribution in [0.15, 0.2) is 24.3 Å². The molecule has 0 radical (unpaired) electrons. The fourth-order valence-electron chi connectivity index (χ4n) is 2.15. The van der Waals surface area contributed by atoms with Crippen LogP contribution in [-0.2, 0) is 10.0 Å². The van der Waals surface area contributed by atoms with E-state index in [0.717, 1.165) is 37.0 Å². The van der Waals surface area contributed by atoms with E-state index in [1.165, 1.54) is 0 Å². The van der Waals surface area contributed by atoms with Gasteiger partial charge in [-0.1, -0.05) is 13.3 Å². The molecule has 0 aliphatic rings. The number of nitrogens with zero attached hydrogens (tertiary/aromatic N) is 1. The lowest BCUT2D eigenvalue weighted by molar-refractivity contribution is 0.252. The van der Waals surface area contributed by atoms with E-state index in [0.29, 0.717) is 19.6 Å². The summed E-state index contributed by atoms with van der Waals surface area (Å²) in [4.78, 5) is 13.8. The Hall–Kier alpha value is -1.80. The molecule has 0 heterocycles. The maximum Gasteiger partial charge on any atom is 0.319 e. The molecule has 0 aliphatic carbocycles. The van der Waals surface area contributed by atoms with Gasteiger partial charge in [-0.3, -0.25) is 0 Å². The van der Waals surface area contributed by atoms with Crippen LogP contribution in [0.25, 0.3) is 0 Å². The largest absolute Gasteiger partial charge is 0.370 e. The number of hydrogen-bond donors (Lipinski definition) is 3. The van der Waals surface area contributed by atoms with Crippen LogP contribution in [0, 0.1) is 0 Å². The molecule has 7 nitrogen and oxygen atoms in total. The molecule has 0 fully saturated rings. The number of urea groups is 1. The number of amides is 2. The Balaban J connectivity index is 2.53. The predicted molar refractivity (Wildman–Crippen MR) is 99.1 cm³/mol. The number of carbonyl (C=O) groups excluding carboxylic acids is 1. The van der Waals surface area contributed by atoms with Crippen molar-refractivity contribution in [2.24, 2.45) is 0 Å². The molecule has 0 saturated carbocycles. The molecule has 1 aromatic rings. The highest BCUT2D eigenvalue weighted by atomic mass is 32.2. The van der Waals surface area contributed by atoms with Crippen molar-refractivity contribution < 1.29 is 13.2 Å². The highest BCUT2D eigenvalue weighted by molar-refractivity contribution is 7.88. The summed E-state index contributed by atoms with van der Waals surface area (Å²) < 4.78 is 24.7. The lowest BCUT2D eigenvalue weighted by Gasteiger charge is -2.23. The molecule has 2 amide bonds. The lowest BCUT2D eigenvalue weighted by Crippen LogP contribution is -2.34. The second-order valence-corrected chi connectivity index (χ2v) is 7.36. The van der Waals surface area contributed by atoms with Crippen molar-refractivity contribution in [2.45, 2.75) is 26.7 Å². The van der Waals surface area contributed by atoms with Crippen LogP contribution < -0.4 is 20.3 Å². The van der Waals surface area contributed by atoms with Crippen LogP contribution in [0.1, 0.15) is 26.7 Å². The van der Waals surface area contributed by atoms with E-state index in [4.69, 9.17) is 0 Å². The Morgan fingerprint density at radius 1 is 1.12 bits per heavy atom. The minimum Gasteiger partial charge on any atom is -0.370 e. The van der Waals surface area contributed by atoms with Crippen molar-refractivity contribution in [3.63, 3.8) is 0 Å². The summed E-state index contributed by atoms with van der Waals surface area (Å²) in [6.07, 6.45) is 3.14. The first-order valence-electron chi connectivity index (χ1n) is 8.20. The van der Waals surface area contributed by atoms with E-state index >= 15 is 0 Å². The van der Waals surface area contributed by atoms with Crippen LogP contribution in [0.3, 0.4) is 0 Å². The zero-order valence-electron chi connectivity index (χ0n) is 14.6. The Bertz CT molecular complexity index is 602. The van der Waals surface area contributed by atoms with Crippen molar-refractivity contribution in [1.29, 1.82) is 0 Å². The Morgan fingerprint density at radius 2 is 1.79 bits per heavy atom. The molecule has 24 heavy (non-hydrogen) atoms. The Labute approximate surface area is 144 Å². The van der Waals surface area contributed by atoms with Gasteiger partial charge in [-0.05, 0) is 37.6 Å². The maximum absolute atomic E-state index is 11.7. The van der Waals surface area contributed by atoms with E-state index < -0.39 is 10.0 Å². The highest BCUT2D eigenvalue weighted by Gasteiger charge is 2.07. The first-order chi connectivity index (χ1) is 11.4. The molecule has 0 bridgehead atoms. The van der Waals surface area contributed by atoms with Gasteiger partial charge in [0.05, 0.1) is 6.26 Å². The number of hydrogen-bond acceptors (Lipinski definition) is 4. The Kier molecular flexibility index (Phi) is 8.56. The lowest BCUT2D eigenvalue weighted by atomic mass is 10.2. The number of nitrogens with one attached hydrogen (secondary N) is 3. The average molecular weight is 356 g/mol. The predicted octanol–water partition coefficient (Wildman–Crippen LogP) is 1.98. The number of sulfonamides is 1. The summed E-state index contributed by atoms with van der Waals surface area (Å²) in [7, 11) is -3.17. The number of anilines is 2. The van der Waals surface area contributed by atoms with Gasteiger partial charge >= 0.3 is 6.03 Å². The maximum atomic E-state index is 11.7. The van der Waals surface area contributed by atoms with Crippen LogP contribution in [0.2, 0.25) is 0 Å². The van der Waals surface area contributed by atoms with Gasteiger partial charge in [0.15, 0.2) is 0 Å². The van der Waals surface area contributed by atoms with Crippen molar-refractivity contribution in [3.05, 3.63) is 24.3 Å². The van der Waals surface area contributed by atoms with Crippen molar-refractivity contribution in [1.82, 2.24) is 10.0 Å². The van der Waals surface area contributed by atoms with Gasteiger partial charge in [-0.15, -0.1) is 0 Å². The molecule has 0 atom stereocenters. The highest BCUT2D eigenvalue weighted by Crippen LogP contribution is 2.17. The van der Waals surface area contributed by atoms with E-state index in [9.17, 15) is 13.2 Å². The molecule has 0 unspecified atom stereocenters. The zero-order valence-corrected chi connectivity index (χ0v) is 15.4. The molecular formula is C16H28N4O3S. The van der Waals surface area contributed by atoms with E-state index in [1.54, 1.807) is 0 Å². The second kappa shape index (κ2) is 10.1. The monoisotopic (exact) mass is 356 g/mol. The molecule has 8 heteroatoms. The third kappa shape index (κ3) is 8.16. The molecule has 0 aromatic heterocycles. The topological polar surface area (TPSA) is 90.5 Å². The van der Waals surface area contributed by atoms with E-state index in [2.05, 4.69) is 27.2 Å². The summed E-state index contributed by atoms with van der Waals surface area (Å²) in [5.74, 6) is 0. The molecule has 0 aliphatic heterocycles. The van der Waals surface area contributed by atoms with Gasteiger partial charge in [0.2, 0.25) is 10.0 Å². The summed E-state index contributed by atoms with van der Waals surface area (Å²) in [6.45, 7) is 6.43. The van der Waals surface area contributed by atoms with Gasteiger partial charge in [0.25, 0.3) is 0 Å². The molecule has 136 valence electrons. The van der Waals surface area contributed by atoms with E-state index in [-0.39, 0.29) is 6.03 Å². The summed E-state index contributed by atoms with van der Waals surface area (Å²) in [6, 6.07) is 7.28. The van der Waals surface area contributed by atoms with E-state index in [1.807, 2.05) is 31.2 Å². The van der Waals surface area contributed by atoms with Gasteiger partial charge < -0.3 is 15.5 Å². The standard InChI is InChI=1S/C16H28N4O3S/c1-4-6-11-17-16(21)19-14-7-9-15(10-8-14)20(5-2)13-12-18-24(3,22)23/h7-10,18H,4-6,11-13H2,1-3H3,(H2,17,19,21). The summed E-state index contributed by atoms with van der Waals surface area (Å²) in [5, 5.41) is 5.58. The van der Waals surface area contributed by atoms with Crippen LogP contribution in [0.4, 0.5) is 16.2 Å². The van der Waals surface area contributed by atoms with Gasteiger partial charge in [-0.25, -0.2) is 17.9 Å². The molecule has 0 spiro atoms. The number of likely N-dealkylation sites (N-methyl/N-ethyl adjacent to an activating group) is 1. The Morgan fingerprint density at radius 3 is 2.33 bits per heavy atom. The van der Waals surface area contributed by atoms with Crippen molar-refractivity contribution >= 4 is 27.4 Å². The SMILES string of the molecule is CCCCNC(=O)Nc1ccc(N(CC)CCNS(C)(=O)=O)cc1.